The number of methoxy groups -OCH3 is 1. The first kappa shape index (κ1) is 17.2. The third-order valence-electron chi connectivity index (χ3n) is 5.81. The average Bonchev–Trinajstić information content (AvgIpc) is 3.11. The molecule has 4 rings (SSSR count). The van der Waals surface area contributed by atoms with Gasteiger partial charge in [0, 0.05) is 31.7 Å². The fraction of sp³-hybridized carbons (Fsp3) is 0.455. The molecule has 136 valence electrons. The number of hydrogen-bond acceptors (Lipinski definition) is 3. The number of benzene rings is 2. The molecule has 1 saturated heterocycles. The number of Topliss-reactive ketones (excluding diaryl/α,β-unsaturated/α-hetero) is 1. The van der Waals surface area contributed by atoms with E-state index >= 15 is 0 Å². The standard InChI is InChI=1S/C22H25NO3/c1-26-13-11-20(24)23-12-3-5-17(14-23)22(25)19-10-9-16-8-7-15-4-2-6-18(19)21(15)16/h2,4,6,9-10,17H,3,5,7-8,11-14H2,1H3/t17-/m0/s1. The molecule has 2 aliphatic rings. The number of amides is 1. The van der Waals surface area contributed by atoms with Gasteiger partial charge in [0.2, 0.25) is 5.91 Å². The number of carbonyl (C=O) groups excluding carboxylic acids is 2. The van der Waals surface area contributed by atoms with Crippen molar-refractivity contribution in [1.29, 1.82) is 0 Å². The van der Waals surface area contributed by atoms with Crippen LogP contribution in [0.25, 0.3) is 10.8 Å². The lowest BCUT2D eigenvalue weighted by atomic mass is 9.87. The number of carbonyl (C=O) groups is 2. The van der Waals surface area contributed by atoms with Crippen molar-refractivity contribution < 1.29 is 14.3 Å². The molecule has 26 heavy (non-hydrogen) atoms. The van der Waals surface area contributed by atoms with Gasteiger partial charge in [0.25, 0.3) is 0 Å². The minimum absolute atomic E-state index is 0.0877. The number of likely N-dealkylation sites (tertiary alicyclic amines) is 1. The summed E-state index contributed by atoms with van der Waals surface area (Å²) in [5.41, 5.74) is 3.53. The second-order valence-electron chi connectivity index (χ2n) is 7.40. The highest BCUT2D eigenvalue weighted by atomic mass is 16.5. The molecule has 2 aromatic rings. The molecule has 1 aliphatic heterocycles. The fourth-order valence-electron chi connectivity index (χ4n) is 4.45. The first-order valence-electron chi connectivity index (χ1n) is 9.53. The van der Waals surface area contributed by atoms with Gasteiger partial charge in [0.15, 0.2) is 5.78 Å². The quantitative estimate of drug-likeness (QED) is 0.776. The lowest BCUT2D eigenvalue weighted by molar-refractivity contribution is -0.133. The number of nitrogens with zero attached hydrogens (tertiary/aromatic N) is 1. The molecule has 2 aromatic carbocycles. The Morgan fingerprint density at radius 3 is 2.77 bits per heavy atom. The molecule has 4 nitrogen and oxygen atoms in total. The van der Waals surface area contributed by atoms with E-state index in [9.17, 15) is 9.59 Å². The Labute approximate surface area is 154 Å². The van der Waals surface area contributed by atoms with Gasteiger partial charge in [-0.15, -0.1) is 0 Å². The molecule has 0 aromatic heterocycles. The van der Waals surface area contributed by atoms with Crippen molar-refractivity contribution in [3.63, 3.8) is 0 Å². The smallest absolute Gasteiger partial charge is 0.224 e. The summed E-state index contributed by atoms with van der Waals surface area (Å²) in [5, 5.41) is 2.37. The van der Waals surface area contributed by atoms with E-state index in [1.807, 2.05) is 11.0 Å². The Balaban J connectivity index is 1.58. The third-order valence-corrected chi connectivity index (χ3v) is 5.81. The highest BCUT2D eigenvalue weighted by molar-refractivity contribution is 6.11. The third kappa shape index (κ3) is 3.03. The van der Waals surface area contributed by atoms with Crippen LogP contribution in [-0.4, -0.2) is 43.4 Å². The Bertz CT molecular complexity index is 848. The van der Waals surface area contributed by atoms with Crippen molar-refractivity contribution >= 4 is 22.5 Å². The van der Waals surface area contributed by atoms with E-state index in [2.05, 4.69) is 24.3 Å². The molecular formula is C22H25NO3. The summed E-state index contributed by atoms with van der Waals surface area (Å²) < 4.78 is 5.01. The lowest BCUT2D eigenvalue weighted by Gasteiger charge is -2.32. The number of ketones is 1. The summed E-state index contributed by atoms with van der Waals surface area (Å²) in [6.07, 6.45) is 4.26. The summed E-state index contributed by atoms with van der Waals surface area (Å²) in [6, 6.07) is 10.4. The van der Waals surface area contributed by atoms with Crippen molar-refractivity contribution in [3.8, 4) is 0 Å². The van der Waals surface area contributed by atoms with Gasteiger partial charge >= 0.3 is 0 Å². The van der Waals surface area contributed by atoms with E-state index in [-0.39, 0.29) is 17.6 Å². The van der Waals surface area contributed by atoms with E-state index in [1.165, 1.54) is 16.5 Å². The lowest BCUT2D eigenvalue weighted by Crippen LogP contribution is -2.42. The summed E-state index contributed by atoms with van der Waals surface area (Å²) in [4.78, 5) is 27.4. The van der Waals surface area contributed by atoms with Gasteiger partial charge in [-0.1, -0.05) is 30.3 Å². The first-order chi connectivity index (χ1) is 12.7. The van der Waals surface area contributed by atoms with Crippen LogP contribution in [0.1, 0.15) is 40.7 Å². The van der Waals surface area contributed by atoms with Gasteiger partial charge in [-0.2, -0.15) is 0 Å². The van der Waals surface area contributed by atoms with Crippen LogP contribution in [0.3, 0.4) is 0 Å². The Morgan fingerprint density at radius 1 is 1.15 bits per heavy atom. The van der Waals surface area contributed by atoms with Crippen molar-refractivity contribution in [2.24, 2.45) is 5.92 Å². The monoisotopic (exact) mass is 351 g/mol. The predicted molar refractivity (Wildman–Crippen MR) is 101 cm³/mol. The first-order valence-corrected chi connectivity index (χ1v) is 9.53. The highest BCUT2D eigenvalue weighted by Gasteiger charge is 2.30. The van der Waals surface area contributed by atoms with E-state index in [4.69, 9.17) is 4.74 Å². The van der Waals surface area contributed by atoms with Crippen LogP contribution in [0.2, 0.25) is 0 Å². The molecule has 1 fully saturated rings. The Kier molecular flexibility index (Phi) is 4.77. The molecule has 1 aliphatic carbocycles. The summed E-state index contributed by atoms with van der Waals surface area (Å²) in [6.45, 7) is 1.71. The average molecular weight is 351 g/mol. The van der Waals surface area contributed by atoms with Gasteiger partial charge in [-0.3, -0.25) is 9.59 Å². The maximum absolute atomic E-state index is 13.3. The highest BCUT2D eigenvalue weighted by Crippen LogP contribution is 2.34. The molecule has 4 heteroatoms. The molecule has 1 heterocycles. The van der Waals surface area contributed by atoms with Crippen molar-refractivity contribution in [2.45, 2.75) is 32.1 Å². The molecule has 0 bridgehead atoms. The topological polar surface area (TPSA) is 46.6 Å². The van der Waals surface area contributed by atoms with E-state index in [0.29, 0.717) is 19.6 Å². The van der Waals surface area contributed by atoms with Crippen LogP contribution < -0.4 is 0 Å². The van der Waals surface area contributed by atoms with Gasteiger partial charge < -0.3 is 9.64 Å². The van der Waals surface area contributed by atoms with E-state index in [1.54, 1.807) is 7.11 Å². The summed E-state index contributed by atoms with van der Waals surface area (Å²) >= 11 is 0. The molecule has 0 spiro atoms. The summed E-state index contributed by atoms with van der Waals surface area (Å²) in [7, 11) is 1.60. The number of rotatable bonds is 5. The van der Waals surface area contributed by atoms with Crippen LogP contribution in [0, 0.1) is 5.92 Å². The molecular weight excluding hydrogens is 326 g/mol. The van der Waals surface area contributed by atoms with Gasteiger partial charge in [0.05, 0.1) is 13.0 Å². The maximum Gasteiger partial charge on any atom is 0.224 e. The minimum Gasteiger partial charge on any atom is -0.384 e. The largest absolute Gasteiger partial charge is 0.384 e. The van der Waals surface area contributed by atoms with Gasteiger partial charge in [0.1, 0.15) is 0 Å². The van der Waals surface area contributed by atoms with Gasteiger partial charge in [-0.25, -0.2) is 0 Å². The predicted octanol–water partition coefficient (Wildman–Crippen LogP) is 3.40. The Hall–Kier alpha value is -2.20. The van der Waals surface area contributed by atoms with Crippen molar-refractivity contribution in [1.82, 2.24) is 4.90 Å². The van der Waals surface area contributed by atoms with Crippen LogP contribution in [0.15, 0.2) is 30.3 Å². The zero-order chi connectivity index (χ0) is 18.1. The number of ether oxygens (including phenoxy) is 1. The normalized spacial score (nSPS) is 19.1. The van der Waals surface area contributed by atoms with E-state index < -0.39 is 0 Å². The molecule has 0 radical (unpaired) electrons. The Morgan fingerprint density at radius 2 is 1.96 bits per heavy atom. The van der Waals surface area contributed by atoms with Gasteiger partial charge in [-0.05, 0) is 47.6 Å². The van der Waals surface area contributed by atoms with Crippen LogP contribution >= 0.6 is 0 Å². The van der Waals surface area contributed by atoms with E-state index in [0.717, 1.165) is 43.2 Å². The number of aryl methyl sites for hydroxylation is 2. The number of hydrogen-bond donors (Lipinski definition) is 0. The maximum atomic E-state index is 13.3. The van der Waals surface area contributed by atoms with Crippen molar-refractivity contribution in [2.75, 3.05) is 26.8 Å². The zero-order valence-corrected chi connectivity index (χ0v) is 15.3. The zero-order valence-electron chi connectivity index (χ0n) is 15.3. The minimum atomic E-state index is -0.103. The molecule has 0 saturated carbocycles. The second-order valence-corrected chi connectivity index (χ2v) is 7.40. The van der Waals surface area contributed by atoms with Crippen LogP contribution in [0.5, 0.6) is 0 Å². The SMILES string of the molecule is COCCC(=O)N1CCC[C@H](C(=O)c2ccc3c4c(cccc24)CC3)C1. The molecule has 1 amide bonds. The van der Waals surface area contributed by atoms with Crippen molar-refractivity contribution in [3.05, 3.63) is 47.0 Å². The molecule has 0 unspecified atom stereocenters. The second kappa shape index (κ2) is 7.20. The molecule has 1 atom stereocenters. The molecule has 0 N–H and O–H groups in total. The summed E-state index contributed by atoms with van der Waals surface area (Å²) in [5.74, 6) is 0.170. The fourth-order valence-corrected chi connectivity index (χ4v) is 4.45. The number of piperidine rings is 1. The van der Waals surface area contributed by atoms with Crippen LogP contribution in [-0.2, 0) is 22.4 Å². The van der Waals surface area contributed by atoms with Crippen LogP contribution in [0.4, 0.5) is 0 Å².